The molecule has 0 aliphatic carbocycles. The predicted octanol–water partition coefficient (Wildman–Crippen LogP) is 2.35. The monoisotopic (exact) mass is 362 g/mol. The average molecular weight is 362 g/mol. The fourth-order valence-electron chi connectivity index (χ4n) is 2.17. The van der Waals surface area contributed by atoms with Gasteiger partial charge in [-0.15, -0.1) is 0 Å². The zero-order valence-corrected chi connectivity index (χ0v) is 15.2. The van der Waals surface area contributed by atoms with Crippen molar-refractivity contribution in [2.24, 2.45) is 0 Å². The van der Waals surface area contributed by atoms with Crippen LogP contribution in [0.3, 0.4) is 0 Å². The molecule has 2 rings (SSSR count). The molecule has 1 amide bonds. The molecule has 0 aliphatic heterocycles. The molecule has 0 saturated carbocycles. The number of aromatic hydroxyl groups is 1. The lowest BCUT2D eigenvalue weighted by Gasteiger charge is -2.21. The van der Waals surface area contributed by atoms with Crippen molar-refractivity contribution in [1.29, 1.82) is 0 Å². The van der Waals surface area contributed by atoms with Crippen LogP contribution in [0.25, 0.3) is 0 Å². The van der Waals surface area contributed by atoms with E-state index in [4.69, 9.17) is 0 Å². The van der Waals surface area contributed by atoms with Gasteiger partial charge >= 0.3 is 0 Å². The summed E-state index contributed by atoms with van der Waals surface area (Å²) in [4.78, 5) is 12.3. The van der Waals surface area contributed by atoms with E-state index in [1.807, 2.05) is 0 Å². The number of sulfonamides is 1. The van der Waals surface area contributed by atoms with Crippen LogP contribution in [0.2, 0.25) is 0 Å². The molecule has 6 nitrogen and oxygen atoms in total. The number of hydrogen-bond donors (Lipinski definition) is 2. The lowest BCUT2D eigenvalue weighted by molar-refractivity contribution is 0.0948. The molecule has 0 unspecified atom stereocenters. The quantitative estimate of drug-likeness (QED) is 0.826. The Bertz CT molecular complexity index is 846. The van der Waals surface area contributed by atoms with Crippen molar-refractivity contribution in [2.45, 2.75) is 31.3 Å². The van der Waals surface area contributed by atoms with E-state index in [0.29, 0.717) is 0 Å². The minimum atomic E-state index is -3.52. The van der Waals surface area contributed by atoms with E-state index < -0.39 is 15.9 Å². The largest absolute Gasteiger partial charge is 0.507 e. The second-order valence-electron chi connectivity index (χ2n) is 5.96. The highest BCUT2D eigenvalue weighted by atomic mass is 32.2. The molecule has 0 atom stereocenters. The van der Waals surface area contributed by atoms with Crippen LogP contribution >= 0.6 is 0 Å². The maximum atomic E-state index is 12.4. The van der Waals surface area contributed by atoms with Crippen molar-refractivity contribution in [3.8, 4) is 5.75 Å². The van der Waals surface area contributed by atoms with E-state index in [0.717, 1.165) is 5.56 Å². The Labute approximate surface area is 148 Å². The molecule has 0 aromatic heterocycles. The van der Waals surface area contributed by atoms with Gasteiger partial charge in [0.2, 0.25) is 10.0 Å². The fourth-order valence-corrected chi connectivity index (χ4v) is 3.53. The van der Waals surface area contributed by atoms with E-state index in [1.165, 1.54) is 28.6 Å². The molecule has 2 aromatic carbocycles. The summed E-state index contributed by atoms with van der Waals surface area (Å²) in [5.41, 5.74) is 0.954. The van der Waals surface area contributed by atoms with Gasteiger partial charge in [0.1, 0.15) is 5.75 Å². The summed E-state index contributed by atoms with van der Waals surface area (Å²) < 4.78 is 26.1. The number of phenolic OH excluding ortho intramolecular Hbond substituents is 1. The zero-order valence-electron chi connectivity index (χ0n) is 14.4. The third-order valence-electron chi connectivity index (χ3n) is 3.93. The standard InChI is InChI=1S/C18H22N2O4S/c1-13(2)20(3)25(23,24)15-10-8-14(9-11-15)12-19-18(22)16-6-4-5-7-17(16)21/h4-11,13,21H,12H2,1-3H3,(H,19,22). The third kappa shape index (κ3) is 4.37. The molecule has 0 heterocycles. The van der Waals surface area contributed by atoms with Gasteiger partial charge in [-0.05, 0) is 43.7 Å². The molecule has 2 N–H and O–H groups in total. The van der Waals surface area contributed by atoms with Crippen LogP contribution in [0.4, 0.5) is 0 Å². The minimum Gasteiger partial charge on any atom is -0.507 e. The normalized spacial score (nSPS) is 11.7. The van der Waals surface area contributed by atoms with Crippen LogP contribution in [0.5, 0.6) is 5.75 Å². The smallest absolute Gasteiger partial charge is 0.255 e. The molecule has 25 heavy (non-hydrogen) atoms. The Morgan fingerprint density at radius 2 is 1.72 bits per heavy atom. The number of benzene rings is 2. The van der Waals surface area contributed by atoms with Crippen LogP contribution in [0.15, 0.2) is 53.4 Å². The van der Waals surface area contributed by atoms with Crippen LogP contribution in [0.1, 0.15) is 29.8 Å². The summed E-state index contributed by atoms with van der Waals surface area (Å²) >= 11 is 0. The van der Waals surface area contributed by atoms with Crippen LogP contribution in [-0.2, 0) is 16.6 Å². The number of phenols is 1. The number of carbonyl (C=O) groups is 1. The van der Waals surface area contributed by atoms with E-state index >= 15 is 0 Å². The maximum absolute atomic E-state index is 12.4. The van der Waals surface area contributed by atoms with E-state index in [2.05, 4.69) is 5.32 Å². The third-order valence-corrected chi connectivity index (χ3v) is 5.98. The van der Waals surface area contributed by atoms with Crippen molar-refractivity contribution in [2.75, 3.05) is 7.05 Å². The molecule has 0 fully saturated rings. The predicted molar refractivity (Wildman–Crippen MR) is 95.8 cm³/mol. The second-order valence-corrected chi connectivity index (χ2v) is 7.96. The number of rotatable bonds is 6. The number of hydrogen-bond acceptors (Lipinski definition) is 4. The Hall–Kier alpha value is -2.38. The van der Waals surface area contributed by atoms with Crippen molar-refractivity contribution in [3.63, 3.8) is 0 Å². The van der Waals surface area contributed by atoms with Crippen molar-refractivity contribution < 1.29 is 18.3 Å². The summed E-state index contributed by atoms with van der Waals surface area (Å²) in [6.45, 7) is 3.84. The molecule has 0 bridgehead atoms. The highest BCUT2D eigenvalue weighted by Gasteiger charge is 2.22. The van der Waals surface area contributed by atoms with E-state index in [-0.39, 0.29) is 28.8 Å². The molecular formula is C18H22N2O4S. The highest BCUT2D eigenvalue weighted by Crippen LogP contribution is 2.18. The highest BCUT2D eigenvalue weighted by molar-refractivity contribution is 7.89. The van der Waals surface area contributed by atoms with Crippen molar-refractivity contribution in [3.05, 3.63) is 59.7 Å². The van der Waals surface area contributed by atoms with E-state index in [9.17, 15) is 18.3 Å². The fraction of sp³-hybridized carbons (Fsp3) is 0.278. The number of nitrogens with zero attached hydrogens (tertiary/aromatic N) is 1. The van der Waals surface area contributed by atoms with Gasteiger partial charge in [0, 0.05) is 19.6 Å². The SMILES string of the molecule is CC(C)N(C)S(=O)(=O)c1ccc(CNC(=O)c2ccccc2O)cc1. The first kappa shape index (κ1) is 19.0. The molecule has 134 valence electrons. The van der Waals surface area contributed by atoms with Gasteiger partial charge in [0.15, 0.2) is 0 Å². The summed E-state index contributed by atoms with van der Waals surface area (Å²) in [6, 6.07) is 12.5. The van der Waals surface area contributed by atoms with Crippen molar-refractivity contribution >= 4 is 15.9 Å². The summed E-state index contributed by atoms with van der Waals surface area (Å²) in [5, 5.41) is 12.4. The second kappa shape index (κ2) is 7.67. The van der Waals surface area contributed by atoms with Gasteiger partial charge in [-0.1, -0.05) is 24.3 Å². The molecule has 0 radical (unpaired) electrons. The first-order chi connectivity index (χ1) is 11.7. The molecule has 2 aromatic rings. The van der Waals surface area contributed by atoms with E-state index in [1.54, 1.807) is 45.2 Å². The zero-order chi connectivity index (χ0) is 18.6. The lowest BCUT2D eigenvalue weighted by atomic mass is 10.1. The van der Waals surface area contributed by atoms with Crippen LogP contribution < -0.4 is 5.32 Å². The molecule has 0 saturated heterocycles. The van der Waals surface area contributed by atoms with Crippen molar-refractivity contribution in [1.82, 2.24) is 9.62 Å². The first-order valence-electron chi connectivity index (χ1n) is 7.86. The molecule has 0 spiro atoms. The maximum Gasteiger partial charge on any atom is 0.255 e. The summed E-state index contributed by atoms with van der Waals surface area (Å²) in [6.07, 6.45) is 0. The molecule has 7 heteroatoms. The van der Waals surface area contributed by atoms with Gasteiger partial charge < -0.3 is 10.4 Å². The Kier molecular flexibility index (Phi) is 5.81. The molecule has 0 aliphatic rings. The first-order valence-corrected chi connectivity index (χ1v) is 9.30. The van der Waals surface area contributed by atoms with Crippen LogP contribution in [0, 0.1) is 0 Å². The van der Waals surface area contributed by atoms with Gasteiger partial charge in [0.05, 0.1) is 10.5 Å². The summed E-state index contributed by atoms with van der Waals surface area (Å²) in [5.74, 6) is -0.479. The Balaban J connectivity index is 2.06. The lowest BCUT2D eigenvalue weighted by Crippen LogP contribution is -2.33. The molecular weight excluding hydrogens is 340 g/mol. The van der Waals surface area contributed by atoms with Gasteiger partial charge in [-0.25, -0.2) is 8.42 Å². The van der Waals surface area contributed by atoms with Crippen LogP contribution in [-0.4, -0.2) is 36.8 Å². The van der Waals surface area contributed by atoms with Gasteiger partial charge in [0.25, 0.3) is 5.91 Å². The number of nitrogens with one attached hydrogen (secondary N) is 1. The average Bonchev–Trinajstić information content (AvgIpc) is 2.59. The summed E-state index contributed by atoms with van der Waals surface area (Å²) in [7, 11) is -1.98. The number of para-hydroxylation sites is 1. The topological polar surface area (TPSA) is 86.7 Å². The number of carbonyl (C=O) groups excluding carboxylic acids is 1. The Morgan fingerprint density at radius 3 is 2.28 bits per heavy atom. The van der Waals surface area contributed by atoms with Gasteiger partial charge in [-0.2, -0.15) is 4.31 Å². The Morgan fingerprint density at radius 1 is 1.12 bits per heavy atom. The number of amides is 1. The van der Waals surface area contributed by atoms with Gasteiger partial charge in [-0.3, -0.25) is 4.79 Å². The minimum absolute atomic E-state index is 0.0850.